The molecule has 2 rings (SSSR count). The van der Waals surface area contributed by atoms with E-state index in [4.69, 9.17) is 5.11 Å². The highest BCUT2D eigenvalue weighted by atomic mass is 32.1. The van der Waals surface area contributed by atoms with Crippen LogP contribution in [0.2, 0.25) is 0 Å². The van der Waals surface area contributed by atoms with Gasteiger partial charge < -0.3 is 10.0 Å². The summed E-state index contributed by atoms with van der Waals surface area (Å²) in [6, 6.07) is 13.7. The first-order valence-electron chi connectivity index (χ1n) is 5.71. The van der Waals surface area contributed by atoms with Crippen LogP contribution in [0, 0.1) is 0 Å². The molecule has 3 nitrogen and oxygen atoms in total. The molecule has 0 fully saturated rings. The van der Waals surface area contributed by atoms with Crippen LogP contribution in [-0.2, 0) is 4.79 Å². The number of benzene rings is 1. The van der Waals surface area contributed by atoms with E-state index in [1.165, 1.54) is 0 Å². The second-order valence-corrected chi connectivity index (χ2v) is 5.05. The Morgan fingerprint density at radius 2 is 2.00 bits per heavy atom. The van der Waals surface area contributed by atoms with Crippen molar-refractivity contribution in [2.45, 2.75) is 12.5 Å². The summed E-state index contributed by atoms with van der Waals surface area (Å²) in [4.78, 5) is 14.1. The molecule has 94 valence electrons. The summed E-state index contributed by atoms with van der Waals surface area (Å²) < 4.78 is 0. The van der Waals surface area contributed by atoms with E-state index in [1.807, 2.05) is 59.8 Å². The van der Waals surface area contributed by atoms with Gasteiger partial charge in [0.2, 0.25) is 0 Å². The summed E-state index contributed by atoms with van der Waals surface area (Å²) in [7, 11) is 1.93. The molecule has 1 heterocycles. The Labute approximate surface area is 110 Å². The highest BCUT2D eigenvalue weighted by Crippen LogP contribution is 2.30. The number of carboxylic acid groups (broad SMARTS) is 1. The van der Waals surface area contributed by atoms with Crippen LogP contribution in [0.3, 0.4) is 0 Å². The molecular weight excluding hydrogens is 246 g/mol. The zero-order valence-electron chi connectivity index (χ0n) is 10.1. The van der Waals surface area contributed by atoms with Gasteiger partial charge in [-0.2, -0.15) is 0 Å². The van der Waals surface area contributed by atoms with Crippen molar-refractivity contribution in [3.05, 3.63) is 52.7 Å². The van der Waals surface area contributed by atoms with Crippen molar-refractivity contribution >= 4 is 23.0 Å². The summed E-state index contributed by atoms with van der Waals surface area (Å²) in [5, 5.41) is 11.0. The van der Waals surface area contributed by atoms with Crippen molar-refractivity contribution in [2.75, 3.05) is 11.9 Å². The summed E-state index contributed by atoms with van der Waals surface area (Å²) in [5.41, 5.74) is 1.03. The Kier molecular flexibility index (Phi) is 3.99. The molecule has 1 aromatic heterocycles. The number of anilines is 1. The monoisotopic (exact) mass is 261 g/mol. The van der Waals surface area contributed by atoms with Gasteiger partial charge in [0.25, 0.3) is 0 Å². The van der Waals surface area contributed by atoms with E-state index in [0.717, 1.165) is 10.6 Å². The maximum atomic E-state index is 11.0. The van der Waals surface area contributed by atoms with Crippen molar-refractivity contribution in [3.63, 3.8) is 0 Å². The molecule has 4 heteroatoms. The zero-order valence-corrected chi connectivity index (χ0v) is 10.9. The van der Waals surface area contributed by atoms with Crippen LogP contribution in [0.1, 0.15) is 17.3 Å². The molecule has 0 saturated heterocycles. The number of para-hydroxylation sites is 1. The second kappa shape index (κ2) is 5.69. The van der Waals surface area contributed by atoms with Crippen molar-refractivity contribution in [2.24, 2.45) is 0 Å². The van der Waals surface area contributed by atoms with E-state index in [1.54, 1.807) is 11.3 Å². The first kappa shape index (κ1) is 12.6. The van der Waals surface area contributed by atoms with Gasteiger partial charge in [0.05, 0.1) is 12.5 Å². The summed E-state index contributed by atoms with van der Waals surface area (Å²) in [6.45, 7) is 0. The summed E-state index contributed by atoms with van der Waals surface area (Å²) >= 11 is 1.59. The Balaban J connectivity index is 2.27. The van der Waals surface area contributed by atoms with Crippen LogP contribution in [0.15, 0.2) is 47.8 Å². The molecule has 1 N–H and O–H groups in total. The van der Waals surface area contributed by atoms with Gasteiger partial charge in [0, 0.05) is 17.6 Å². The van der Waals surface area contributed by atoms with Crippen molar-refractivity contribution in [3.8, 4) is 0 Å². The quantitative estimate of drug-likeness (QED) is 0.896. The topological polar surface area (TPSA) is 40.5 Å². The van der Waals surface area contributed by atoms with Gasteiger partial charge in [0.1, 0.15) is 0 Å². The van der Waals surface area contributed by atoms with Crippen LogP contribution in [0.4, 0.5) is 5.69 Å². The predicted molar refractivity (Wildman–Crippen MR) is 74.2 cm³/mol. The normalized spacial score (nSPS) is 12.1. The molecule has 0 aliphatic heterocycles. The predicted octanol–water partition coefficient (Wildman–Crippen LogP) is 3.40. The lowest BCUT2D eigenvalue weighted by molar-refractivity contribution is -0.137. The number of hydrogen-bond acceptors (Lipinski definition) is 3. The fourth-order valence-corrected chi connectivity index (χ4v) is 2.79. The molecule has 2 aromatic rings. The molecule has 0 amide bonds. The van der Waals surface area contributed by atoms with Gasteiger partial charge in [0.15, 0.2) is 0 Å². The van der Waals surface area contributed by atoms with Crippen molar-refractivity contribution < 1.29 is 9.90 Å². The van der Waals surface area contributed by atoms with Gasteiger partial charge >= 0.3 is 5.97 Å². The number of nitrogens with zero attached hydrogens (tertiary/aromatic N) is 1. The lowest BCUT2D eigenvalue weighted by Gasteiger charge is -2.28. The molecular formula is C14H15NO2S. The van der Waals surface area contributed by atoms with Crippen molar-refractivity contribution in [1.29, 1.82) is 0 Å². The average molecular weight is 261 g/mol. The van der Waals surface area contributed by atoms with Crippen molar-refractivity contribution in [1.82, 2.24) is 0 Å². The molecule has 18 heavy (non-hydrogen) atoms. The second-order valence-electron chi connectivity index (χ2n) is 4.08. The Morgan fingerprint density at radius 1 is 1.28 bits per heavy atom. The fraction of sp³-hybridized carbons (Fsp3) is 0.214. The number of aliphatic carboxylic acids is 1. The third kappa shape index (κ3) is 2.90. The zero-order chi connectivity index (χ0) is 13.0. The van der Waals surface area contributed by atoms with Crippen LogP contribution in [0.25, 0.3) is 0 Å². The number of carboxylic acids is 1. The van der Waals surface area contributed by atoms with Crippen LogP contribution in [0.5, 0.6) is 0 Å². The van der Waals surface area contributed by atoms with Crippen LogP contribution in [-0.4, -0.2) is 18.1 Å². The van der Waals surface area contributed by atoms with E-state index < -0.39 is 5.97 Å². The van der Waals surface area contributed by atoms with E-state index in [9.17, 15) is 4.79 Å². The summed E-state index contributed by atoms with van der Waals surface area (Å²) in [5.74, 6) is -0.781. The Morgan fingerprint density at radius 3 is 2.56 bits per heavy atom. The molecule has 0 aliphatic rings. The van der Waals surface area contributed by atoms with E-state index in [-0.39, 0.29) is 12.5 Å². The minimum absolute atomic E-state index is 0.103. The van der Waals surface area contributed by atoms with E-state index in [2.05, 4.69) is 0 Å². The number of rotatable bonds is 5. The van der Waals surface area contributed by atoms with Gasteiger partial charge in [-0.15, -0.1) is 11.3 Å². The SMILES string of the molecule is CN(c1ccccc1)C(CC(=O)O)c1cccs1. The number of carbonyl (C=O) groups is 1. The van der Waals surface area contributed by atoms with E-state index in [0.29, 0.717) is 0 Å². The maximum Gasteiger partial charge on any atom is 0.305 e. The minimum Gasteiger partial charge on any atom is -0.481 e. The van der Waals surface area contributed by atoms with Crippen LogP contribution < -0.4 is 4.90 Å². The highest BCUT2D eigenvalue weighted by Gasteiger charge is 2.21. The molecule has 1 atom stereocenters. The molecule has 0 radical (unpaired) electrons. The molecule has 0 spiro atoms. The average Bonchev–Trinajstić information content (AvgIpc) is 2.89. The van der Waals surface area contributed by atoms with Crippen LogP contribution >= 0.6 is 11.3 Å². The third-order valence-corrected chi connectivity index (χ3v) is 3.84. The van der Waals surface area contributed by atoms with Gasteiger partial charge in [-0.25, -0.2) is 0 Å². The largest absolute Gasteiger partial charge is 0.481 e. The molecule has 0 aliphatic carbocycles. The molecule has 1 unspecified atom stereocenters. The minimum atomic E-state index is -0.781. The van der Waals surface area contributed by atoms with Gasteiger partial charge in [-0.1, -0.05) is 24.3 Å². The Hall–Kier alpha value is -1.81. The Bertz CT molecular complexity index is 496. The number of thiophene rings is 1. The smallest absolute Gasteiger partial charge is 0.305 e. The lowest BCUT2D eigenvalue weighted by atomic mass is 10.1. The van der Waals surface area contributed by atoms with E-state index >= 15 is 0 Å². The van der Waals surface area contributed by atoms with Gasteiger partial charge in [-0.05, 0) is 23.6 Å². The molecule has 1 aromatic carbocycles. The first-order chi connectivity index (χ1) is 8.68. The highest BCUT2D eigenvalue weighted by molar-refractivity contribution is 7.10. The molecule has 0 saturated carbocycles. The maximum absolute atomic E-state index is 11.0. The lowest BCUT2D eigenvalue weighted by Crippen LogP contribution is -2.25. The first-order valence-corrected chi connectivity index (χ1v) is 6.59. The summed E-state index contributed by atoms with van der Waals surface area (Å²) in [6.07, 6.45) is 0.103. The number of hydrogen-bond donors (Lipinski definition) is 1. The van der Waals surface area contributed by atoms with Gasteiger partial charge in [-0.3, -0.25) is 4.79 Å². The third-order valence-electron chi connectivity index (χ3n) is 2.87. The standard InChI is InChI=1S/C14H15NO2S/c1-15(11-6-3-2-4-7-11)12(10-14(16)17)13-8-5-9-18-13/h2-9,12H,10H2,1H3,(H,16,17). The fourth-order valence-electron chi connectivity index (χ4n) is 1.92. The molecule has 0 bridgehead atoms.